The van der Waals surface area contributed by atoms with Gasteiger partial charge in [-0.2, -0.15) is 0 Å². The first-order valence-electron chi connectivity index (χ1n) is 17.8. The number of quaternary nitrogens is 2. The van der Waals surface area contributed by atoms with Crippen molar-refractivity contribution in [2.75, 3.05) is 28.2 Å². The Kier molecular flexibility index (Phi) is 12.2. The molecule has 4 aromatic rings. The Bertz CT molecular complexity index is 1680. The summed E-state index contributed by atoms with van der Waals surface area (Å²) in [5, 5.41) is 30.2. The number of carbonyl (C=O) groups excluding carboxylic acids is 2. The van der Waals surface area contributed by atoms with E-state index in [1.54, 1.807) is 24.3 Å². The maximum Gasteiger partial charge on any atom is 0.349 e. The number of epoxide rings is 2. The van der Waals surface area contributed by atoms with Crippen LogP contribution in [0.3, 0.4) is 0 Å². The summed E-state index contributed by atoms with van der Waals surface area (Å²) in [4.78, 5) is 28.7. The molecule has 10 atom stereocenters. The van der Waals surface area contributed by atoms with E-state index in [-0.39, 0.29) is 51.6 Å². The van der Waals surface area contributed by atoms with E-state index < -0.39 is 23.1 Å². The minimum Gasteiger partial charge on any atom is -1.00 e. The minimum atomic E-state index is -1.72. The van der Waals surface area contributed by atoms with Gasteiger partial charge in [0.2, 0.25) is 11.2 Å². The van der Waals surface area contributed by atoms with Gasteiger partial charge in [-0.05, 0) is 45.8 Å². The Morgan fingerprint density at radius 3 is 1.05 bits per heavy atom. The van der Waals surface area contributed by atoms with Gasteiger partial charge in [0.1, 0.15) is 60.8 Å². The zero-order chi connectivity index (χ0) is 36.2. The van der Waals surface area contributed by atoms with Gasteiger partial charge in [-0.3, -0.25) is 0 Å². The summed E-state index contributed by atoms with van der Waals surface area (Å²) in [6.07, 6.45) is 4.10. The molecule has 10 rings (SSSR count). The van der Waals surface area contributed by atoms with E-state index in [1.165, 1.54) is 45.3 Å². The Morgan fingerprint density at radius 1 is 0.582 bits per heavy atom. The third-order valence-corrected chi connectivity index (χ3v) is 16.6. The highest BCUT2D eigenvalue weighted by atomic mass is 79.9. The highest BCUT2D eigenvalue weighted by Crippen LogP contribution is 2.53. The number of piperidine rings is 2. The summed E-state index contributed by atoms with van der Waals surface area (Å²) < 4.78 is 25.3. The quantitative estimate of drug-likeness (QED) is 0.116. The van der Waals surface area contributed by atoms with Crippen LogP contribution in [0.5, 0.6) is 0 Å². The molecule has 55 heavy (non-hydrogen) atoms. The van der Waals surface area contributed by atoms with Crippen molar-refractivity contribution in [3.05, 3.63) is 89.6 Å². The van der Waals surface area contributed by atoms with Gasteiger partial charge in [0.25, 0.3) is 0 Å². The van der Waals surface area contributed by atoms with Crippen LogP contribution >= 0.6 is 45.3 Å². The van der Waals surface area contributed by atoms with Crippen LogP contribution in [-0.2, 0) is 39.7 Å². The first-order chi connectivity index (χ1) is 24.8. The van der Waals surface area contributed by atoms with E-state index in [0.29, 0.717) is 68.1 Å². The average molecular weight is 963 g/mol. The normalized spacial score (nSPS) is 32.5. The van der Waals surface area contributed by atoms with Crippen molar-refractivity contribution in [2.45, 2.75) is 97.7 Å². The zero-order valence-electron chi connectivity index (χ0n) is 30.7. The number of carbonyl (C=O) groups is 2. The van der Waals surface area contributed by atoms with Gasteiger partial charge < -0.3 is 77.6 Å². The highest BCUT2D eigenvalue weighted by Gasteiger charge is 2.72. The molecule has 0 spiro atoms. The Balaban J connectivity index is 0.000000177. The summed E-state index contributed by atoms with van der Waals surface area (Å²) in [7, 11) is 8.99. The molecule has 6 aliphatic rings. The van der Waals surface area contributed by atoms with E-state index in [2.05, 4.69) is 28.2 Å². The van der Waals surface area contributed by atoms with Crippen LogP contribution in [0.15, 0.2) is 70.1 Å². The lowest BCUT2D eigenvalue weighted by Gasteiger charge is -2.45. The number of aliphatic hydroxyl groups is 2. The number of nitrogens with zero attached hydrogens (tertiary/aromatic N) is 2. The Labute approximate surface area is 357 Å². The summed E-state index contributed by atoms with van der Waals surface area (Å²) >= 11 is 5.49. The van der Waals surface area contributed by atoms with Gasteiger partial charge in [0.05, 0.1) is 47.7 Å². The number of esters is 2. The van der Waals surface area contributed by atoms with Gasteiger partial charge in [0, 0.05) is 25.7 Å². The predicted octanol–water partition coefficient (Wildman–Crippen LogP) is -2.13. The molecule has 0 aromatic carbocycles. The molecule has 4 aromatic heterocycles. The van der Waals surface area contributed by atoms with E-state index in [1.807, 2.05) is 45.8 Å². The number of hydrogen-bond acceptors (Lipinski definition) is 12. The molecule has 300 valence electrons. The van der Waals surface area contributed by atoms with Crippen LogP contribution in [0.2, 0.25) is 0 Å². The SMILES string of the molecule is C[N+]1(C)[C@@H]2CC(OC(=O)C(O)(c3cccs3)c3cccs3)C[C@H]1[C@@H]1O[C@@H]12.C[N+]1(C)[C@@H]2CC(OC(=O)C(O)(c3cccs3)c3cccs3)C[C@H]1[C@@H]1O[C@@H]12.O.[Br-].[Br-]. The highest BCUT2D eigenvalue weighted by molar-refractivity contribution is 7.12. The molecule has 6 saturated heterocycles. The van der Waals surface area contributed by atoms with Crippen LogP contribution in [0.4, 0.5) is 0 Å². The number of halogens is 2. The lowest BCUT2D eigenvalue weighted by molar-refractivity contribution is -0.938. The number of thiophene rings is 4. The Morgan fingerprint density at radius 2 is 0.836 bits per heavy atom. The largest absolute Gasteiger partial charge is 1.00 e. The molecule has 4 bridgehead atoms. The second-order valence-corrected chi connectivity index (χ2v) is 19.8. The lowest BCUT2D eigenvalue weighted by Crippen LogP contribution is -3.00. The van der Waals surface area contributed by atoms with Crippen molar-refractivity contribution in [3.63, 3.8) is 0 Å². The van der Waals surface area contributed by atoms with Gasteiger partial charge in [0.15, 0.2) is 0 Å². The number of morpholine rings is 2. The lowest BCUT2D eigenvalue weighted by atomic mass is 9.95. The third-order valence-electron chi connectivity index (χ3n) is 12.7. The van der Waals surface area contributed by atoms with E-state index >= 15 is 0 Å². The molecule has 17 heteroatoms. The van der Waals surface area contributed by atoms with Gasteiger partial charge in [-0.15, -0.1) is 45.3 Å². The second-order valence-electron chi connectivity index (χ2n) is 16.0. The molecule has 2 unspecified atom stereocenters. The molecular formula is C38H46Br2N2O9S4. The third kappa shape index (κ3) is 6.96. The number of fused-ring (bicyclic) bond motifs is 10. The zero-order valence-corrected chi connectivity index (χ0v) is 37.1. The fourth-order valence-electron chi connectivity index (χ4n) is 9.66. The van der Waals surface area contributed by atoms with Crippen molar-refractivity contribution in [1.82, 2.24) is 0 Å². The molecule has 0 radical (unpaired) electrons. The minimum absolute atomic E-state index is 0. The average Bonchev–Trinajstić information content (AvgIpc) is 3.57. The van der Waals surface area contributed by atoms with Crippen molar-refractivity contribution in [1.29, 1.82) is 0 Å². The van der Waals surface area contributed by atoms with Crippen molar-refractivity contribution in [2.24, 2.45) is 0 Å². The summed E-state index contributed by atoms with van der Waals surface area (Å²) in [5.41, 5.74) is -3.44. The monoisotopic (exact) mass is 960 g/mol. The topological polar surface area (TPSA) is 150 Å². The van der Waals surface area contributed by atoms with Crippen LogP contribution in [0, 0.1) is 0 Å². The Hall–Kier alpha value is -1.58. The van der Waals surface area contributed by atoms with Gasteiger partial charge in [-0.25, -0.2) is 9.59 Å². The molecular weight excluding hydrogens is 916 g/mol. The maximum absolute atomic E-state index is 13.1. The fraction of sp³-hybridized carbons (Fsp3) is 0.526. The predicted molar refractivity (Wildman–Crippen MR) is 202 cm³/mol. The van der Waals surface area contributed by atoms with Crippen molar-refractivity contribution in [3.8, 4) is 0 Å². The second kappa shape index (κ2) is 15.5. The van der Waals surface area contributed by atoms with Crippen LogP contribution in [0.25, 0.3) is 0 Å². The number of rotatable bonds is 8. The first-order valence-corrected chi connectivity index (χ1v) is 21.4. The molecule has 0 saturated carbocycles. The first kappa shape index (κ1) is 43.0. The molecule has 0 aliphatic carbocycles. The summed E-state index contributed by atoms with van der Waals surface area (Å²) in [5.74, 6) is -1.12. The van der Waals surface area contributed by atoms with E-state index in [4.69, 9.17) is 18.9 Å². The fourth-order valence-corrected chi connectivity index (χ4v) is 13.1. The smallest absolute Gasteiger partial charge is 0.349 e. The van der Waals surface area contributed by atoms with Gasteiger partial charge in [-0.1, -0.05) is 24.3 Å². The van der Waals surface area contributed by atoms with Crippen molar-refractivity contribution >= 4 is 57.3 Å². The number of ether oxygens (including phenoxy) is 4. The summed E-state index contributed by atoms with van der Waals surface area (Å²) in [6, 6.07) is 16.0. The molecule has 11 nitrogen and oxygen atoms in total. The number of hydrogen-bond donors (Lipinski definition) is 2. The van der Waals surface area contributed by atoms with Crippen LogP contribution in [-0.4, -0.2) is 126 Å². The number of likely N-dealkylation sites (N-methyl/N-ethyl adjacent to an activating group) is 2. The molecule has 6 aliphatic heterocycles. The van der Waals surface area contributed by atoms with Crippen LogP contribution < -0.4 is 34.0 Å². The van der Waals surface area contributed by atoms with E-state index in [9.17, 15) is 19.8 Å². The molecule has 0 amide bonds. The van der Waals surface area contributed by atoms with E-state index in [0.717, 1.165) is 34.6 Å². The maximum atomic E-state index is 13.1. The molecule has 10 heterocycles. The summed E-state index contributed by atoms with van der Waals surface area (Å²) in [6.45, 7) is 0. The van der Waals surface area contributed by atoms with Crippen molar-refractivity contribution < 1.29 is 87.2 Å². The van der Waals surface area contributed by atoms with Gasteiger partial charge >= 0.3 is 11.9 Å². The molecule has 6 fully saturated rings. The standard InChI is InChI=1S/2C19H22NO4S2.2BrH.H2O/c2*1-20(2)12-9-11(10-13(20)17-16(12)24-17)23-18(21)19(22,14-5-3-7-25-14)15-6-4-8-26-15;;;/h2*3-8,11-13,16-17,22H,9-10H2,1-2H3;2*1H;1H2/q2*+1;;;/p-2/t2*11?,12-,13+,16-,17+;;;. The van der Waals surface area contributed by atoms with Crippen LogP contribution in [0.1, 0.15) is 45.2 Å². The molecule has 4 N–H and O–H groups in total.